The summed E-state index contributed by atoms with van der Waals surface area (Å²) < 4.78 is 70.0. The van der Waals surface area contributed by atoms with Crippen LogP contribution >= 0.6 is 22.7 Å². The van der Waals surface area contributed by atoms with Crippen LogP contribution in [0.4, 0.5) is 17.6 Å². The van der Waals surface area contributed by atoms with Crippen LogP contribution in [0.1, 0.15) is 63.9 Å². The molecule has 0 unspecified atom stereocenters. The number of esters is 2. The molecule has 290 valence electrons. The molecule has 6 aromatic rings. The van der Waals surface area contributed by atoms with E-state index in [1.165, 1.54) is 24.3 Å². The minimum absolute atomic E-state index is 0.0787. The SMILES string of the molecule is O=C1C(=O)c2c(F)cc(F)cc2/C1=C/c1cc2c(s1)-c1sc(/C=C3\C(=O)C(=O)c4c(F)cc(F)cc43)cc1C2(C(=O)OCc1ccccc1)C(=O)OCc1ccccc1. The maximum Gasteiger partial charge on any atom is 0.333 e. The third-order valence-electron chi connectivity index (χ3n) is 10.2. The van der Waals surface area contributed by atoms with Crippen LogP contribution in [-0.2, 0) is 47.3 Å². The summed E-state index contributed by atoms with van der Waals surface area (Å²) in [5, 5.41) is 0. The molecule has 0 saturated heterocycles. The lowest BCUT2D eigenvalue weighted by atomic mass is 9.79. The molecule has 0 bridgehead atoms. The zero-order chi connectivity index (χ0) is 41.3. The van der Waals surface area contributed by atoms with E-state index in [0.717, 1.165) is 34.8 Å². The molecule has 0 N–H and O–H groups in total. The number of ketones is 4. The smallest absolute Gasteiger partial charge is 0.333 e. The average Bonchev–Trinajstić information content (AvgIpc) is 3.98. The lowest BCUT2D eigenvalue weighted by Crippen LogP contribution is -2.45. The second-order valence-electron chi connectivity index (χ2n) is 13.7. The molecular formula is C45H22F4O8S2. The van der Waals surface area contributed by atoms with Gasteiger partial charge in [0.1, 0.15) is 36.5 Å². The molecule has 0 saturated carbocycles. The summed E-state index contributed by atoms with van der Waals surface area (Å²) in [5.41, 5.74) is -3.36. The van der Waals surface area contributed by atoms with Crippen LogP contribution in [0.3, 0.4) is 0 Å². The van der Waals surface area contributed by atoms with E-state index in [1.807, 2.05) is 0 Å². The van der Waals surface area contributed by atoms with Crippen molar-refractivity contribution in [3.8, 4) is 9.75 Å². The van der Waals surface area contributed by atoms with Crippen molar-refractivity contribution >= 4 is 81.0 Å². The van der Waals surface area contributed by atoms with Gasteiger partial charge in [-0.3, -0.25) is 28.8 Å². The van der Waals surface area contributed by atoms with Gasteiger partial charge in [-0.15, -0.1) is 22.7 Å². The van der Waals surface area contributed by atoms with E-state index >= 15 is 0 Å². The third kappa shape index (κ3) is 6.02. The van der Waals surface area contributed by atoms with Gasteiger partial charge in [0, 0.05) is 55.3 Å². The lowest BCUT2D eigenvalue weighted by molar-refractivity contribution is -0.164. The van der Waals surface area contributed by atoms with Crippen molar-refractivity contribution < 1.29 is 55.8 Å². The Morgan fingerprint density at radius 1 is 0.542 bits per heavy atom. The molecule has 3 aliphatic rings. The zero-order valence-corrected chi connectivity index (χ0v) is 31.5. The maximum absolute atomic E-state index is 14.8. The van der Waals surface area contributed by atoms with Crippen molar-refractivity contribution in [2.75, 3.05) is 0 Å². The minimum atomic E-state index is -2.36. The van der Waals surface area contributed by atoms with Gasteiger partial charge >= 0.3 is 11.9 Å². The summed E-state index contributed by atoms with van der Waals surface area (Å²) in [6.45, 7) is -0.537. The summed E-state index contributed by atoms with van der Waals surface area (Å²) in [7, 11) is 0. The van der Waals surface area contributed by atoms with Gasteiger partial charge in [0.2, 0.25) is 28.5 Å². The number of fused-ring (bicyclic) bond motifs is 5. The van der Waals surface area contributed by atoms with Gasteiger partial charge < -0.3 is 9.47 Å². The number of carbonyl (C=O) groups excluding carboxylic acids is 6. The molecule has 0 amide bonds. The number of allylic oxidation sites excluding steroid dienone is 2. The Labute approximate surface area is 338 Å². The number of benzene rings is 4. The Morgan fingerprint density at radius 3 is 1.32 bits per heavy atom. The highest BCUT2D eigenvalue weighted by atomic mass is 32.1. The van der Waals surface area contributed by atoms with Crippen molar-refractivity contribution in [1.82, 2.24) is 0 Å². The number of ether oxygens (including phenoxy) is 2. The van der Waals surface area contributed by atoms with Gasteiger partial charge in [-0.2, -0.15) is 0 Å². The number of thiophene rings is 2. The van der Waals surface area contributed by atoms with Crippen LogP contribution in [0.15, 0.2) is 97.1 Å². The highest BCUT2D eigenvalue weighted by Crippen LogP contribution is 2.58. The fourth-order valence-corrected chi connectivity index (χ4v) is 9.99. The first-order valence-electron chi connectivity index (χ1n) is 17.7. The van der Waals surface area contributed by atoms with E-state index in [1.54, 1.807) is 60.7 Å². The molecule has 0 atom stereocenters. The molecule has 59 heavy (non-hydrogen) atoms. The second-order valence-corrected chi connectivity index (χ2v) is 15.9. The Balaban J connectivity index is 1.24. The maximum atomic E-state index is 14.8. The molecule has 3 aliphatic carbocycles. The Morgan fingerprint density at radius 2 is 0.932 bits per heavy atom. The number of hydrogen-bond acceptors (Lipinski definition) is 10. The van der Waals surface area contributed by atoms with Gasteiger partial charge in [-0.1, -0.05) is 60.7 Å². The van der Waals surface area contributed by atoms with Crippen molar-refractivity contribution in [2.24, 2.45) is 0 Å². The summed E-state index contributed by atoms with van der Waals surface area (Å²) >= 11 is 1.96. The second kappa shape index (κ2) is 14.2. The normalized spacial score (nSPS) is 16.1. The average molecular weight is 831 g/mol. The van der Waals surface area contributed by atoms with Crippen LogP contribution in [0, 0.1) is 23.3 Å². The predicted molar refractivity (Wildman–Crippen MR) is 208 cm³/mol. The highest BCUT2D eigenvalue weighted by Gasteiger charge is 2.60. The monoisotopic (exact) mass is 830 g/mol. The molecule has 14 heteroatoms. The van der Waals surface area contributed by atoms with E-state index in [9.17, 15) is 46.3 Å². The molecule has 0 spiro atoms. The molecule has 9 rings (SSSR count). The van der Waals surface area contributed by atoms with E-state index in [-0.39, 0.29) is 56.4 Å². The zero-order valence-electron chi connectivity index (χ0n) is 29.9. The Hall–Kier alpha value is -6.90. The fraction of sp³-hybridized carbons (Fsp3) is 0.0667. The molecule has 8 nitrogen and oxygen atoms in total. The van der Waals surface area contributed by atoms with E-state index in [0.29, 0.717) is 33.0 Å². The standard InChI is InChI=1S/C45H22F4O8S2/c46-23-11-27-29(37(50)39(52)35(27)33(48)13-23)15-25-17-31-41(58-25)42-32(18-26(59-42)16-30-28-12-24(47)14-34(49)36(28)40(53)38(30)51)45(31,43(54)56-19-21-7-3-1-4-8-21)44(55)57-20-22-9-5-2-6-10-22/h1-18H,19-20H2/b29-15-,30-16-. The van der Waals surface area contributed by atoms with Gasteiger partial charge in [0.15, 0.2) is 0 Å². The summed E-state index contributed by atoms with van der Waals surface area (Å²) in [6, 6.07) is 22.8. The fourth-order valence-electron chi connectivity index (χ4n) is 7.51. The third-order valence-corrected chi connectivity index (χ3v) is 12.5. The Bertz CT molecular complexity index is 2740. The number of carbonyl (C=O) groups is 6. The first kappa shape index (κ1) is 37.7. The van der Waals surface area contributed by atoms with Gasteiger partial charge in [0.05, 0.1) is 20.9 Å². The molecule has 4 aromatic carbocycles. The summed E-state index contributed by atoms with van der Waals surface area (Å²) in [4.78, 5) is 82.6. The predicted octanol–water partition coefficient (Wildman–Crippen LogP) is 8.73. The molecule has 0 radical (unpaired) electrons. The number of halogens is 4. The molecular weight excluding hydrogens is 809 g/mol. The van der Waals surface area contributed by atoms with Crippen molar-refractivity contribution in [3.63, 3.8) is 0 Å². The van der Waals surface area contributed by atoms with E-state index in [2.05, 4.69) is 0 Å². The van der Waals surface area contributed by atoms with Crippen molar-refractivity contribution in [2.45, 2.75) is 18.6 Å². The highest BCUT2D eigenvalue weighted by molar-refractivity contribution is 7.23. The van der Waals surface area contributed by atoms with Crippen LogP contribution in [-0.4, -0.2) is 35.1 Å². The summed E-state index contributed by atoms with van der Waals surface area (Å²) in [6.07, 6.45) is 2.48. The van der Waals surface area contributed by atoms with E-state index in [4.69, 9.17) is 9.47 Å². The molecule has 0 fully saturated rings. The van der Waals surface area contributed by atoms with Crippen LogP contribution in [0.5, 0.6) is 0 Å². The number of Topliss-reactive ketones (excluding diaryl/α,β-unsaturated/α-hetero) is 4. The van der Waals surface area contributed by atoms with Gasteiger partial charge in [0.25, 0.3) is 0 Å². The van der Waals surface area contributed by atoms with E-state index < -0.39 is 74.9 Å². The van der Waals surface area contributed by atoms with Gasteiger partial charge in [-0.05, 0) is 47.5 Å². The number of rotatable bonds is 8. The van der Waals surface area contributed by atoms with Crippen molar-refractivity contribution in [3.05, 3.63) is 175 Å². The Kier molecular flexibility index (Phi) is 9.05. The minimum Gasteiger partial charge on any atom is -0.459 e. The van der Waals surface area contributed by atoms with Crippen LogP contribution in [0.2, 0.25) is 0 Å². The lowest BCUT2D eigenvalue weighted by Gasteiger charge is -2.26. The molecule has 0 aliphatic heterocycles. The van der Waals surface area contributed by atoms with Crippen LogP contribution in [0.25, 0.3) is 33.1 Å². The van der Waals surface area contributed by atoms with Crippen molar-refractivity contribution in [1.29, 1.82) is 0 Å². The number of hydrogen-bond donors (Lipinski definition) is 0. The first-order valence-corrected chi connectivity index (χ1v) is 19.3. The quantitative estimate of drug-likeness (QED) is 0.0491. The first-order chi connectivity index (χ1) is 28.4. The largest absolute Gasteiger partial charge is 0.459 e. The molecule has 2 heterocycles. The van der Waals surface area contributed by atoms with Gasteiger partial charge in [-0.25, -0.2) is 17.6 Å². The summed E-state index contributed by atoms with van der Waals surface area (Å²) in [5.74, 6) is -11.1. The van der Waals surface area contributed by atoms with Crippen LogP contribution < -0.4 is 0 Å². The topological polar surface area (TPSA) is 121 Å². The molecule has 2 aromatic heterocycles.